The molecule has 0 bridgehead atoms. The zero-order valence-electron chi connectivity index (χ0n) is 11.3. The molecule has 5 heteroatoms. The molecule has 2 aromatic rings. The number of hydrogen-bond acceptors (Lipinski definition) is 5. The molecule has 0 aliphatic carbocycles. The number of nitrogens with one attached hydrogen (secondary N) is 1. The molecule has 0 spiro atoms. The van der Waals surface area contributed by atoms with E-state index in [1.807, 2.05) is 0 Å². The fraction of sp³-hybridized carbons (Fsp3) is 0.286. The van der Waals surface area contributed by atoms with Gasteiger partial charge in [-0.05, 0) is 19.4 Å². The molecule has 0 saturated heterocycles. The third-order valence-electron chi connectivity index (χ3n) is 2.97. The van der Waals surface area contributed by atoms with E-state index in [1.165, 1.54) is 24.6 Å². The Kier molecular flexibility index (Phi) is 3.85. The first-order chi connectivity index (χ1) is 9.11. The number of ether oxygens (including phenoxy) is 1. The Morgan fingerprint density at radius 2 is 1.89 bits per heavy atom. The monoisotopic (exact) mass is 258 g/mol. The van der Waals surface area contributed by atoms with E-state index in [-0.39, 0.29) is 6.04 Å². The first-order valence-corrected chi connectivity index (χ1v) is 6.09. The molecule has 2 rings (SSSR count). The molecule has 1 heterocycles. The zero-order chi connectivity index (χ0) is 13.8. The van der Waals surface area contributed by atoms with Crippen molar-refractivity contribution in [3.05, 3.63) is 41.7 Å². The van der Waals surface area contributed by atoms with Gasteiger partial charge < -0.3 is 15.8 Å². The fourth-order valence-electron chi connectivity index (χ4n) is 1.80. The summed E-state index contributed by atoms with van der Waals surface area (Å²) in [7, 11) is 1.53. The van der Waals surface area contributed by atoms with Crippen molar-refractivity contribution in [2.24, 2.45) is 0 Å². The van der Waals surface area contributed by atoms with Crippen molar-refractivity contribution in [2.45, 2.75) is 19.9 Å². The van der Waals surface area contributed by atoms with E-state index in [0.717, 1.165) is 0 Å². The summed E-state index contributed by atoms with van der Waals surface area (Å²) in [5.41, 5.74) is 8.76. The first-order valence-electron chi connectivity index (χ1n) is 6.09. The van der Waals surface area contributed by atoms with E-state index in [9.17, 15) is 0 Å². The minimum atomic E-state index is 0.0995. The molecule has 0 saturated carbocycles. The fourth-order valence-corrected chi connectivity index (χ4v) is 1.80. The number of hydrogen-bond donors (Lipinski definition) is 2. The summed E-state index contributed by atoms with van der Waals surface area (Å²) >= 11 is 0. The van der Waals surface area contributed by atoms with Crippen molar-refractivity contribution in [3.63, 3.8) is 0 Å². The number of methoxy groups -OCH3 is 1. The van der Waals surface area contributed by atoms with Gasteiger partial charge >= 0.3 is 0 Å². The summed E-state index contributed by atoms with van der Waals surface area (Å²) in [5, 5.41) is 3.26. The standard InChI is InChI=1S/C14H18N4O/c1-9-4-6-11(7-5-9)10(2)18-13-12(15)14(19-3)17-8-16-13/h4-8,10H,15H2,1-3H3,(H,16,17,18). The molecular weight excluding hydrogens is 240 g/mol. The smallest absolute Gasteiger partial charge is 0.242 e. The van der Waals surface area contributed by atoms with Gasteiger partial charge in [0.25, 0.3) is 0 Å². The lowest BCUT2D eigenvalue weighted by Gasteiger charge is -2.17. The van der Waals surface area contributed by atoms with Gasteiger partial charge in [-0.2, -0.15) is 4.98 Å². The van der Waals surface area contributed by atoms with Crippen LogP contribution in [0.5, 0.6) is 5.88 Å². The zero-order valence-corrected chi connectivity index (χ0v) is 11.3. The van der Waals surface area contributed by atoms with Crippen LogP contribution in [-0.4, -0.2) is 17.1 Å². The Morgan fingerprint density at radius 1 is 1.21 bits per heavy atom. The second kappa shape index (κ2) is 5.56. The third-order valence-corrected chi connectivity index (χ3v) is 2.97. The highest BCUT2D eigenvalue weighted by atomic mass is 16.5. The average molecular weight is 258 g/mol. The van der Waals surface area contributed by atoms with Crippen LogP contribution in [-0.2, 0) is 0 Å². The van der Waals surface area contributed by atoms with Gasteiger partial charge in [0.05, 0.1) is 13.2 Å². The van der Waals surface area contributed by atoms with E-state index in [1.54, 1.807) is 0 Å². The second-order valence-electron chi connectivity index (χ2n) is 4.42. The lowest BCUT2D eigenvalue weighted by atomic mass is 10.1. The van der Waals surface area contributed by atoms with Crippen LogP contribution in [0.15, 0.2) is 30.6 Å². The maximum absolute atomic E-state index is 5.93. The Bertz CT molecular complexity index is 554. The summed E-state index contributed by atoms with van der Waals surface area (Å²) in [6.07, 6.45) is 1.43. The van der Waals surface area contributed by atoms with Crippen LogP contribution < -0.4 is 15.8 Å². The lowest BCUT2D eigenvalue weighted by Crippen LogP contribution is -2.11. The molecule has 0 fully saturated rings. The number of nitrogen functional groups attached to an aromatic ring is 1. The van der Waals surface area contributed by atoms with E-state index in [2.05, 4.69) is 53.4 Å². The van der Waals surface area contributed by atoms with Gasteiger partial charge in [-0.25, -0.2) is 4.98 Å². The number of anilines is 2. The van der Waals surface area contributed by atoms with Crippen LogP contribution in [0, 0.1) is 6.92 Å². The maximum atomic E-state index is 5.93. The Labute approximate surface area is 112 Å². The van der Waals surface area contributed by atoms with Crippen LogP contribution in [0.4, 0.5) is 11.5 Å². The summed E-state index contributed by atoms with van der Waals surface area (Å²) in [6.45, 7) is 4.12. The van der Waals surface area contributed by atoms with Crippen LogP contribution >= 0.6 is 0 Å². The lowest BCUT2D eigenvalue weighted by molar-refractivity contribution is 0.399. The van der Waals surface area contributed by atoms with Gasteiger partial charge in [-0.3, -0.25) is 0 Å². The molecule has 100 valence electrons. The largest absolute Gasteiger partial charge is 0.479 e. The van der Waals surface area contributed by atoms with Crippen molar-refractivity contribution in [1.82, 2.24) is 9.97 Å². The van der Waals surface area contributed by atoms with Gasteiger partial charge in [-0.1, -0.05) is 29.8 Å². The van der Waals surface area contributed by atoms with Gasteiger partial charge in [0.15, 0.2) is 5.82 Å². The molecule has 0 aliphatic rings. The Hall–Kier alpha value is -2.30. The molecule has 1 unspecified atom stereocenters. The van der Waals surface area contributed by atoms with Gasteiger partial charge in [-0.15, -0.1) is 0 Å². The molecule has 0 aliphatic heterocycles. The number of aromatic nitrogens is 2. The average Bonchev–Trinajstić information content (AvgIpc) is 2.42. The second-order valence-corrected chi connectivity index (χ2v) is 4.42. The highest BCUT2D eigenvalue weighted by molar-refractivity contribution is 5.66. The van der Waals surface area contributed by atoms with Crippen molar-refractivity contribution in [3.8, 4) is 5.88 Å². The first kappa shape index (κ1) is 13.1. The van der Waals surface area contributed by atoms with E-state index in [4.69, 9.17) is 10.5 Å². The van der Waals surface area contributed by atoms with Crippen LogP contribution in [0.25, 0.3) is 0 Å². The van der Waals surface area contributed by atoms with Crippen LogP contribution in [0.1, 0.15) is 24.1 Å². The predicted molar refractivity (Wildman–Crippen MR) is 76.2 cm³/mol. The highest BCUT2D eigenvalue weighted by Crippen LogP contribution is 2.27. The molecule has 0 radical (unpaired) electrons. The van der Waals surface area contributed by atoms with E-state index in [0.29, 0.717) is 17.4 Å². The number of rotatable bonds is 4. The van der Waals surface area contributed by atoms with Gasteiger partial charge in [0, 0.05) is 0 Å². The molecule has 0 amide bonds. The highest BCUT2D eigenvalue weighted by Gasteiger charge is 2.11. The molecule has 3 N–H and O–H groups in total. The molecule has 1 aromatic heterocycles. The molecule has 5 nitrogen and oxygen atoms in total. The Balaban J connectivity index is 2.19. The predicted octanol–water partition coefficient (Wildman–Crippen LogP) is 2.55. The molecule has 1 atom stereocenters. The number of benzene rings is 1. The topological polar surface area (TPSA) is 73.1 Å². The molecule has 19 heavy (non-hydrogen) atoms. The third kappa shape index (κ3) is 2.93. The van der Waals surface area contributed by atoms with Crippen molar-refractivity contribution in [2.75, 3.05) is 18.2 Å². The number of nitrogens with zero attached hydrogens (tertiary/aromatic N) is 2. The van der Waals surface area contributed by atoms with Crippen molar-refractivity contribution < 1.29 is 4.74 Å². The quantitative estimate of drug-likeness (QED) is 0.881. The van der Waals surface area contributed by atoms with Gasteiger partial charge in [0.2, 0.25) is 5.88 Å². The van der Waals surface area contributed by atoms with E-state index >= 15 is 0 Å². The molecule has 1 aromatic carbocycles. The van der Waals surface area contributed by atoms with Crippen molar-refractivity contribution >= 4 is 11.5 Å². The number of aryl methyl sites for hydroxylation is 1. The van der Waals surface area contributed by atoms with E-state index < -0.39 is 0 Å². The normalized spacial score (nSPS) is 11.9. The van der Waals surface area contributed by atoms with Crippen LogP contribution in [0.2, 0.25) is 0 Å². The summed E-state index contributed by atoms with van der Waals surface area (Å²) in [6, 6.07) is 8.43. The summed E-state index contributed by atoms with van der Waals surface area (Å²) < 4.78 is 5.07. The minimum absolute atomic E-state index is 0.0995. The summed E-state index contributed by atoms with van der Waals surface area (Å²) in [5.74, 6) is 0.966. The SMILES string of the molecule is COc1ncnc(NC(C)c2ccc(C)cc2)c1N. The minimum Gasteiger partial charge on any atom is -0.479 e. The summed E-state index contributed by atoms with van der Waals surface area (Å²) in [4.78, 5) is 8.09. The molecular formula is C14H18N4O. The van der Waals surface area contributed by atoms with Gasteiger partial charge in [0.1, 0.15) is 12.0 Å². The van der Waals surface area contributed by atoms with Crippen molar-refractivity contribution in [1.29, 1.82) is 0 Å². The van der Waals surface area contributed by atoms with Crippen LogP contribution in [0.3, 0.4) is 0 Å². The maximum Gasteiger partial charge on any atom is 0.242 e. The number of nitrogens with two attached hydrogens (primary N) is 1. The Morgan fingerprint density at radius 3 is 2.53 bits per heavy atom.